The summed E-state index contributed by atoms with van der Waals surface area (Å²) in [5.41, 5.74) is 1.28. The molecule has 7 heteroatoms. The normalized spacial score (nSPS) is 10.3. The molecule has 0 saturated carbocycles. The summed E-state index contributed by atoms with van der Waals surface area (Å²) in [5.74, 6) is 1.09. The van der Waals surface area contributed by atoms with Crippen LogP contribution in [0.15, 0.2) is 42.5 Å². The highest BCUT2D eigenvalue weighted by molar-refractivity contribution is 5.94. The highest BCUT2D eigenvalue weighted by Crippen LogP contribution is 2.28. The van der Waals surface area contributed by atoms with E-state index in [0.29, 0.717) is 36.8 Å². The Kier molecular flexibility index (Phi) is 6.54. The number of carbonyl (C=O) groups is 1. The molecular formula is C19H22N2O5. The van der Waals surface area contributed by atoms with Gasteiger partial charge in [-0.15, -0.1) is 0 Å². The number of non-ortho nitro benzene ring substituents is 1. The van der Waals surface area contributed by atoms with Crippen molar-refractivity contribution in [3.05, 3.63) is 63.7 Å². The minimum atomic E-state index is -0.488. The van der Waals surface area contributed by atoms with E-state index in [1.165, 1.54) is 24.3 Å². The zero-order valence-corrected chi connectivity index (χ0v) is 15.1. The topological polar surface area (TPSA) is 81.9 Å². The summed E-state index contributed by atoms with van der Waals surface area (Å²) in [6.45, 7) is 5.22. The molecule has 2 rings (SSSR count). The molecule has 0 aliphatic rings. The van der Waals surface area contributed by atoms with Gasteiger partial charge in [0.25, 0.3) is 11.6 Å². The molecule has 0 aliphatic carbocycles. The first-order chi connectivity index (χ1) is 12.5. The Hall–Kier alpha value is -3.09. The summed E-state index contributed by atoms with van der Waals surface area (Å²) < 4.78 is 10.8. The van der Waals surface area contributed by atoms with Gasteiger partial charge in [0.15, 0.2) is 11.5 Å². The summed E-state index contributed by atoms with van der Waals surface area (Å²) in [6, 6.07) is 11.2. The molecule has 0 unspecified atom stereocenters. The maximum atomic E-state index is 12.7. The van der Waals surface area contributed by atoms with E-state index < -0.39 is 4.92 Å². The summed E-state index contributed by atoms with van der Waals surface area (Å²) in [6.07, 6.45) is 0. The molecule has 0 saturated heterocycles. The third-order valence-corrected chi connectivity index (χ3v) is 3.90. The van der Waals surface area contributed by atoms with Gasteiger partial charge in [-0.2, -0.15) is 0 Å². The van der Waals surface area contributed by atoms with Crippen molar-refractivity contribution in [3.63, 3.8) is 0 Å². The second kappa shape index (κ2) is 8.84. The van der Waals surface area contributed by atoms with Crippen LogP contribution in [0.25, 0.3) is 0 Å². The first-order valence-electron chi connectivity index (χ1n) is 8.33. The van der Waals surface area contributed by atoms with Crippen molar-refractivity contribution in [3.8, 4) is 11.5 Å². The van der Waals surface area contributed by atoms with Crippen molar-refractivity contribution < 1.29 is 19.2 Å². The van der Waals surface area contributed by atoms with Gasteiger partial charge in [-0.25, -0.2) is 0 Å². The number of ether oxygens (including phenoxy) is 2. The average Bonchev–Trinajstić information content (AvgIpc) is 2.66. The van der Waals surface area contributed by atoms with E-state index in [0.717, 1.165) is 5.56 Å². The number of carbonyl (C=O) groups excluding carboxylic acids is 1. The van der Waals surface area contributed by atoms with Gasteiger partial charge in [-0.3, -0.25) is 14.9 Å². The van der Waals surface area contributed by atoms with Crippen LogP contribution in [0.5, 0.6) is 11.5 Å². The number of benzene rings is 2. The van der Waals surface area contributed by atoms with Crippen molar-refractivity contribution in [2.24, 2.45) is 0 Å². The average molecular weight is 358 g/mol. The predicted octanol–water partition coefficient (Wildman–Crippen LogP) is 3.66. The number of nitro groups is 1. The van der Waals surface area contributed by atoms with Crippen LogP contribution in [-0.2, 0) is 6.54 Å². The number of nitrogens with zero attached hydrogens (tertiary/aromatic N) is 2. The van der Waals surface area contributed by atoms with Gasteiger partial charge in [0.1, 0.15) is 0 Å². The van der Waals surface area contributed by atoms with Crippen LogP contribution in [0.2, 0.25) is 0 Å². The van der Waals surface area contributed by atoms with Crippen molar-refractivity contribution in [1.29, 1.82) is 0 Å². The molecule has 0 bridgehead atoms. The Labute approximate surface area is 152 Å². The highest BCUT2D eigenvalue weighted by atomic mass is 16.6. The van der Waals surface area contributed by atoms with Gasteiger partial charge in [0, 0.05) is 30.8 Å². The summed E-state index contributed by atoms with van der Waals surface area (Å²) >= 11 is 0. The van der Waals surface area contributed by atoms with E-state index in [2.05, 4.69) is 0 Å². The molecule has 0 N–H and O–H groups in total. The molecule has 138 valence electrons. The van der Waals surface area contributed by atoms with Crippen LogP contribution in [0, 0.1) is 10.1 Å². The zero-order valence-electron chi connectivity index (χ0n) is 15.1. The Balaban J connectivity index is 2.17. The molecule has 2 aromatic rings. The molecule has 0 aromatic heterocycles. The minimum absolute atomic E-state index is 0.0409. The van der Waals surface area contributed by atoms with Gasteiger partial charge >= 0.3 is 0 Å². The highest BCUT2D eigenvalue weighted by Gasteiger charge is 2.17. The number of methoxy groups -OCH3 is 1. The predicted molar refractivity (Wildman–Crippen MR) is 97.7 cm³/mol. The lowest BCUT2D eigenvalue weighted by Crippen LogP contribution is -2.30. The number of amides is 1. The Morgan fingerprint density at radius 2 is 1.81 bits per heavy atom. The third kappa shape index (κ3) is 4.50. The molecule has 1 amide bonds. The summed E-state index contributed by atoms with van der Waals surface area (Å²) in [5, 5.41) is 10.7. The lowest BCUT2D eigenvalue weighted by atomic mass is 10.1. The molecule has 0 atom stereocenters. The molecule has 0 radical (unpaired) electrons. The number of nitro benzene ring substituents is 1. The zero-order chi connectivity index (χ0) is 19.1. The van der Waals surface area contributed by atoms with Gasteiger partial charge < -0.3 is 14.4 Å². The maximum absolute atomic E-state index is 12.7. The van der Waals surface area contributed by atoms with Crippen LogP contribution < -0.4 is 9.47 Å². The largest absolute Gasteiger partial charge is 0.493 e. The molecule has 0 heterocycles. The van der Waals surface area contributed by atoms with Crippen molar-refractivity contribution >= 4 is 11.6 Å². The first kappa shape index (κ1) is 19.2. The summed E-state index contributed by atoms with van der Waals surface area (Å²) in [4.78, 5) is 24.6. The van der Waals surface area contributed by atoms with Crippen LogP contribution in [0.1, 0.15) is 29.8 Å². The van der Waals surface area contributed by atoms with Gasteiger partial charge in [0.05, 0.1) is 18.6 Å². The van der Waals surface area contributed by atoms with Crippen LogP contribution in [0.3, 0.4) is 0 Å². The summed E-state index contributed by atoms with van der Waals surface area (Å²) in [7, 11) is 1.57. The number of rotatable bonds is 8. The van der Waals surface area contributed by atoms with E-state index in [1.54, 1.807) is 12.0 Å². The van der Waals surface area contributed by atoms with Crippen LogP contribution >= 0.6 is 0 Å². The molecule has 0 fully saturated rings. The Bertz CT molecular complexity index is 774. The van der Waals surface area contributed by atoms with Gasteiger partial charge in [0.2, 0.25) is 0 Å². The fourth-order valence-corrected chi connectivity index (χ4v) is 2.54. The van der Waals surface area contributed by atoms with E-state index in [1.807, 2.05) is 32.0 Å². The van der Waals surface area contributed by atoms with Crippen LogP contribution in [-0.4, -0.2) is 36.0 Å². The molecule has 7 nitrogen and oxygen atoms in total. The molecule has 0 spiro atoms. The molecule has 26 heavy (non-hydrogen) atoms. The standard InChI is InChI=1S/C19H22N2O5/c1-4-20(19(22)15-7-9-16(10-8-15)21(23)24)13-14-6-11-17(26-5-2)18(12-14)25-3/h6-12H,4-5,13H2,1-3H3. The molecule has 2 aromatic carbocycles. The quantitative estimate of drug-likeness (QED) is 0.531. The van der Waals surface area contributed by atoms with Crippen LogP contribution in [0.4, 0.5) is 5.69 Å². The van der Waals surface area contributed by atoms with Crippen molar-refractivity contribution in [2.45, 2.75) is 20.4 Å². The van der Waals surface area contributed by atoms with Crippen molar-refractivity contribution in [2.75, 3.05) is 20.3 Å². The van der Waals surface area contributed by atoms with E-state index >= 15 is 0 Å². The second-order valence-corrected chi connectivity index (χ2v) is 5.54. The Morgan fingerprint density at radius 3 is 2.35 bits per heavy atom. The van der Waals surface area contributed by atoms with E-state index in [9.17, 15) is 14.9 Å². The fraction of sp³-hybridized carbons (Fsp3) is 0.316. The smallest absolute Gasteiger partial charge is 0.269 e. The fourth-order valence-electron chi connectivity index (χ4n) is 2.54. The third-order valence-electron chi connectivity index (χ3n) is 3.90. The van der Waals surface area contributed by atoms with Gasteiger partial charge in [-0.05, 0) is 43.7 Å². The first-order valence-corrected chi connectivity index (χ1v) is 8.33. The lowest BCUT2D eigenvalue weighted by molar-refractivity contribution is -0.384. The monoisotopic (exact) mass is 358 g/mol. The second-order valence-electron chi connectivity index (χ2n) is 5.54. The maximum Gasteiger partial charge on any atom is 0.269 e. The Morgan fingerprint density at radius 1 is 1.12 bits per heavy atom. The number of hydrogen-bond donors (Lipinski definition) is 0. The molecule has 0 aliphatic heterocycles. The molecular weight excluding hydrogens is 336 g/mol. The van der Waals surface area contributed by atoms with Gasteiger partial charge in [-0.1, -0.05) is 6.07 Å². The number of hydrogen-bond acceptors (Lipinski definition) is 5. The van der Waals surface area contributed by atoms with E-state index in [4.69, 9.17) is 9.47 Å². The van der Waals surface area contributed by atoms with Crippen molar-refractivity contribution in [1.82, 2.24) is 4.90 Å². The lowest BCUT2D eigenvalue weighted by Gasteiger charge is -2.22. The van der Waals surface area contributed by atoms with E-state index in [-0.39, 0.29) is 11.6 Å². The minimum Gasteiger partial charge on any atom is -0.493 e. The SMILES string of the molecule is CCOc1ccc(CN(CC)C(=O)c2ccc([N+](=O)[O-])cc2)cc1OC.